The lowest BCUT2D eigenvalue weighted by Gasteiger charge is -2.04. The Morgan fingerprint density at radius 2 is 2.00 bits per heavy atom. The van der Waals surface area contributed by atoms with Gasteiger partial charge in [-0.15, -0.1) is 0 Å². The van der Waals surface area contributed by atoms with Crippen molar-refractivity contribution < 1.29 is 13.6 Å². The minimum absolute atomic E-state index is 0.175. The molecule has 0 aliphatic carbocycles. The lowest BCUT2D eigenvalue weighted by molar-refractivity contribution is 0.0981. The molecule has 2 rings (SSSR count). The van der Waals surface area contributed by atoms with Crippen LogP contribution in [0.2, 0.25) is 0 Å². The van der Waals surface area contributed by atoms with Gasteiger partial charge in [0.15, 0.2) is 5.78 Å². The molecule has 0 atom stereocenters. The second-order valence-electron chi connectivity index (χ2n) is 3.69. The van der Waals surface area contributed by atoms with E-state index in [-0.39, 0.29) is 6.42 Å². The summed E-state index contributed by atoms with van der Waals surface area (Å²) in [6.45, 7) is 2.38. The largest absolute Gasteiger partial charge is 0.293 e. The van der Waals surface area contributed by atoms with Gasteiger partial charge in [0.05, 0.1) is 12.0 Å². The third-order valence-corrected chi connectivity index (χ3v) is 2.56. The molecule has 6 heteroatoms. The molecule has 0 radical (unpaired) electrons. The zero-order valence-electron chi connectivity index (χ0n) is 9.73. The van der Waals surface area contributed by atoms with Gasteiger partial charge < -0.3 is 0 Å². The van der Waals surface area contributed by atoms with Gasteiger partial charge in [-0.25, -0.2) is 18.4 Å². The molecule has 0 aliphatic heterocycles. The van der Waals surface area contributed by atoms with Crippen LogP contribution in [0, 0.1) is 11.6 Å². The summed E-state index contributed by atoms with van der Waals surface area (Å²) in [6.07, 6.45) is 1.13. The van der Waals surface area contributed by atoms with Gasteiger partial charge in [-0.1, -0.05) is 6.07 Å². The van der Waals surface area contributed by atoms with Crippen LogP contribution in [0.3, 0.4) is 0 Å². The van der Waals surface area contributed by atoms with Crippen molar-refractivity contribution in [3.63, 3.8) is 0 Å². The van der Waals surface area contributed by atoms with Crippen LogP contribution in [0.4, 0.5) is 8.78 Å². The van der Waals surface area contributed by atoms with Crippen molar-refractivity contribution in [1.29, 1.82) is 0 Å². The lowest BCUT2D eigenvalue weighted by Crippen LogP contribution is -2.13. The molecule has 0 saturated carbocycles. The highest BCUT2D eigenvalue weighted by molar-refractivity contribution is 5.97. The van der Waals surface area contributed by atoms with Gasteiger partial charge in [0, 0.05) is 6.54 Å². The summed E-state index contributed by atoms with van der Waals surface area (Å²) in [5, 5.41) is 3.89. The normalized spacial score (nSPS) is 10.6. The number of aromatic nitrogens is 3. The zero-order chi connectivity index (χ0) is 13.1. The first-order valence-corrected chi connectivity index (χ1v) is 5.47. The molecule has 0 amide bonds. The number of aryl methyl sites for hydroxylation is 1. The predicted octanol–water partition coefficient (Wildman–Crippen LogP) is 2.00. The average molecular weight is 251 g/mol. The Kier molecular flexibility index (Phi) is 3.45. The number of ketones is 1. The molecule has 18 heavy (non-hydrogen) atoms. The standard InChI is InChI=1S/C12H11F2N3O/c1-2-17-11(15-7-16-17)6-10(18)12-8(13)4-3-5-9(12)14/h3-5,7H,2,6H2,1H3. The Morgan fingerprint density at radius 3 is 2.61 bits per heavy atom. The number of carbonyl (C=O) groups is 1. The van der Waals surface area contributed by atoms with E-state index in [4.69, 9.17) is 0 Å². The quantitative estimate of drug-likeness (QED) is 0.781. The SMILES string of the molecule is CCn1ncnc1CC(=O)c1c(F)cccc1F. The van der Waals surface area contributed by atoms with Crippen LogP contribution in [-0.4, -0.2) is 20.5 Å². The van der Waals surface area contributed by atoms with Crippen molar-refractivity contribution in [2.45, 2.75) is 19.9 Å². The Hall–Kier alpha value is -2.11. The van der Waals surface area contributed by atoms with E-state index in [1.54, 1.807) is 0 Å². The number of carbonyl (C=O) groups excluding carboxylic acids is 1. The summed E-state index contributed by atoms with van der Waals surface area (Å²) in [4.78, 5) is 15.8. The fourth-order valence-electron chi connectivity index (χ4n) is 1.69. The van der Waals surface area contributed by atoms with Crippen LogP contribution in [0.1, 0.15) is 23.1 Å². The third-order valence-electron chi connectivity index (χ3n) is 2.56. The summed E-state index contributed by atoms with van der Waals surface area (Å²) in [5.74, 6) is -1.97. The van der Waals surface area contributed by atoms with Crippen LogP contribution < -0.4 is 0 Å². The second-order valence-corrected chi connectivity index (χ2v) is 3.69. The summed E-state index contributed by atoms with van der Waals surface area (Å²) in [6, 6.07) is 3.33. The van der Waals surface area contributed by atoms with Crippen LogP contribution >= 0.6 is 0 Å². The monoisotopic (exact) mass is 251 g/mol. The molecule has 2 aromatic rings. The Balaban J connectivity index is 2.28. The Labute approximate surface area is 102 Å². The van der Waals surface area contributed by atoms with Gasteiger partial charge in [-0.05, 0) is 19.1 Å². The molecule has 0 aliphatic rings. The number of benzene rings is 1. The predicted molar refractivity (Wildman–Crippen MR) is 60.1 cm³/mol. The minimum Gasteiger partial charge on any atom is -0.293 e. The molecule has 0 N–H and O–H groups in total. The molecule has 1 heterocycles. The molecule has 0 saturated heterocycles. The Bertz CT molecular complexity index is 560. The molecule has 1 aromatic heterocycles. The number of hydrogen-bond acceptors (Lipinski definition) is 3. The van der Waals surface area contributed by atoms with Crippen LogP contribution in [-0.2, 0) is 13.0 Å². The lowest BCUT2D eigenvalue weighted by atomic mass is 10.1. The Morgan fingerprint density at radius 1 is 1.33 bits per heavy atom. The summed E-state index contributed by atoms with van der Waals surface area (Å²) in [5.41, 5.74) is -0.525. The topological polar surface area (TPSA) is 47.8 Å². The summed E-state index contributed by atoms with van der Waals surface area (Å²) in [7, 11) is 0. The fourth-order valence-corrected chi connectivity index (χ4v) is 1.69. The molecule has 1 aromatic carbocycles. The second kappa shape index (κ2) is 5.03. The smallest absolute Gasteiger partial charge is 0.176 e. The number of rotatable bonds is 4. The van der Waals surface area contributed by atoms with E-state index in [2.05, 4.69) is 10.1 Å². The van der Waals surface area contributed by atoms with E-state index >= 15 is 0 Å². The molecule has 94 valence electrons. The highest BCUT2D eigenvalue weighted by Gasteiger charge is 2.19. The van der Waals surface area contributed by atoms with Crippen molar-refractivity contribution in [1.82, 2.24) is 14.8 Å². The number of Topliss-reactive ketones (excluding diaryl/α,β-unsaturated/α-hetero) is 1. The minimum atomic E-state index is -0.859. The van der Waals surface area contributed by atoms with E-state index in [9.17, 15) is 13.6 Å². The first-order chi connectivity index (χ1) is 8.63. The van der Waals surface area contributed by atoms with Gasteiger partial charge in [0.25, 0.3) is 0 Å². The average Bonchev–Trinajstić information content (AvgIpc) is 2.76. The summed E-state index contributed by atoms with van der Waals surface area (Å²) >= 11 is 0. The van der Waals surface area contributed by atoms with Crippen molar-refractivity contribution in [3.05, 3.63) is 47.5 Å². The third kappa shape index (κ3) is 2.27. The molecule has 0 unspecified atom stereocenters. The van der Waals surface area contributed by atoms with Gasteiger partial charge in [0.1, 0.15) is 23.8 Å². The number of nitrogens with zero attached hydrogens (tertiary/aromatic N) is 3. The number of hydrogen-bond donors (Lipinski definition) is 0. The van der Waals surface area contributed by atoms with E-state index in [0.29, 0.717) is 12.4 Å². The van der Waals surface area contributed by atoms with Crippen LogP contribution in [0.25, 0.3) is 0 Å². The molecule has 0 fully saturated rings. The van der Waals surface area contributed by atoms with Gasteiger partial charge in [-0.3, -0.25) is 4.79 Å². The molecule has 0 bridgehead atoms. The van der Waals surface area contributed by atoms with Crippen LogP contribution in [0.5, 0.6) is 0 Å². The van der Waals surface area contributed by atoms with Gasteiger partial charge >= 0.3 is 0 Å². The molecular formula is C12H11F2N3O. The van der Waals surface area contributed by atoms with Gasteiger partial charge in [0.2, 0.25) is 0 Å². The van der Waals surface area contributed by atoms with Crippen molar-refractivity contribution in [3.8, 4) is 0 Å². The number of halogens is 2. The first kappa shape index (κ1) is 12.3. The highest BCUT2D eigenvalue weighted by Crippen LogP contribution is 2.14. The maximum absolute atomic E-state index is 13.4. The maximum Gasteiger partial charge on any atom is 0.176 e. The molecular weight excluding hydrogens is 240 g/mol. The van der Waals surface area contributed by atoms with E-state index in [1.165, 1.54) is 17.1 Å². The van der Waals surface area contributed by atoms with E-state index in [0.717, 1.165) is 12.1 Å². The van der Waals surface area contributed by atoms with E-state index < -0.39 is 23.0 Å². The first-order valence-electron chi connectivity index (χ1n) is 5.47. The fraction of sp³-hybridized carbons (Fsp3) is 0.250. The van der Waals surface area contributed by atoms with Crippen molar-refractivity contribution in [2.24, 2.45) is 0 Å². The van der Waals surface area contributed by atoms with Crippen molar-refractivity contribution >= 4 is 5.78 Å². The summed E-state index contributed by atoms with van der Waals surface area (Å²) < 4.78 is 28.3. The zero-order valence-corrected chi connectivity index (χ0v) is 9.73. The molecule has 0 spiro atoms. The van der Waals surface area contributed by atoms with Crippen molar-refractivity contribution in [2.75, 3.05) is 0 Å². The highest BCUT2D eigenvalue weighted by atomic mass is 19.1. The molecule has 4 nitrogen and oxygen atoms in total. The van der Waals surface area contributed by atoms with Gasteiger partial charge in [-0.2, -0.15) is 5.10 Å². The van der Waals surface area contributed by atoms with E-state index in [1.807, 2.05) is 6.92 Å². The van der Waals surface area contributed by atoms with Crippen LogP contribution in [0.15, 0.2) is 24.5 Å². The maximum atomic E-state index is 13.4.